The SMILES string of the molecule is FC(F)(F)c1ccccc1OCc1cccc(COc2ccccc2C(F)(F)F)c1Br. The first-order valence-corrected chi connectivity index (χ1v) is 9.71. The Morgan fingerprint density at radius 1 is 0.581 bits per heavy atom. The highest BCUT2D eigenvalue weighted by molar-refractivity contribution is 9.10. The van der Waals surface area contributed by atoms with Crippen LogP contribution < -0.4 is 9.47 Å². The van der Waals surface area contributed by atoms with Gasteiger partial charge in [0, 0.05) is 15.6 Å². The third-order valence-electron chi connectivity index (χ3n) is 4.31. The molecule has 0 N–H and O–H groups in total. The van der Waals surface area contributed by atoms with Crippen LogP contribution in [0, 0.1) is 0 Å². The molecule has 0 saturated carbocycles. The fourth-order valence-electron chi connectivity index (χ4n) is 2.82. The molecule has 164 valence electrons. The molecule has 0 atom stereocenters. The summed E-state index contributed by atoms with van der Waals surface area (Å²) in [5.41, 5.74) is -0.756. The minimum absolute atomic E-state index is 0.180. The van der Waals surface area contributed by atoms with Crippen molar-refractivity contribution in [3.8, 4) is 11.5 Å². The van der Waals surface area contributed by atoms with Crippen LogP contribution in [0.2, 0.25) is 0 Å². The van der Waals surface area contributed by atoms with E-state index in [0.717, 1.165) is 12.1 Å². The zero-order valence-electron chi connectivity index (χ0n) is 15.7. The first kappa shape index (κ1) is 23.0. The van der Waals surface area contributed by atoms with E-state index in [2.05, 4.69) is 15.9 Å². The van der Waals surface area contributed by atoms with E-state index in [1.807, 2.05) is 0 Å². The lowest BCUT2D eigenvalue weighted by molar-refractivity contribution is -0.139. The Hall–Kier alpha value is -2.68. The van der Waals surface area contributed by atoms with Gasteiger partial charge in [-0.2, -0.15) is 26.3 Å². The van der Waals surface area contributed by atoms with E-state index in [-0.39, 0.29) is 24.7 Å². The van der Waals surface area contributed by atoms with Crippen molar-refractivity contribution in [2.24, 2.45) is 0 Å². The maximum atomic E-state index is 13.1. The van der Waals surface area contributed by atoms with E-state index in [1.165, 1.54) is 36.4 Å². The number of hydrogen-bond donors (Lipinski definition) is 0. The number of hydrogen-bond acceptors (Lipinski definition) is 2. The van der Waals surface area contributed by atoms with Crippen LogP contribution in [0.1, 0.15) is 22.3 Å². The molecule has 0 radical (unpaired) electrons. The maximum absolute atomic E-state index is 13.1. The van der Waals surface area contributed by atoms with E-state index in [0.29, 0.717) is 15.6 Å². The standard InChI is InChI=1S/C22H15BrF6O2/c23-20-14(12-30-18-10-3-1-8-16(18)21(24,25)26)6-5-7-15(20)13-31-19-11-4-2-9-17(19)22(27,28)29/h1-11H,12-13H2. The zero-order valence-corrected chi connectivity index (χ0v) is 17.3. The Morgan fingerprint density at radius 2 is 0.968 bits per heavy atom. The average molecular weight is 505 g/mol. The summed E-state index contributed by atoms with van der Waals surface area (Å²) >= 11 is 3.34. The van der Waals surface area contributed by atoms with Gasteiger partial charge < -0.3 is 9.47 Å². The summed E-state index contributed by atoms with van der Waals surface area (Å²) in [5.74, 6) is -0.634. The van der Waals surface area contributed by atoms with Crippen molar-refractivity contribution in [2.45, 2.75) is 25.6 Å². The van der Waals surface area contributed by atoms with Crippen LogP contribution in [0.5, 0.6) is 11.5 Å². The summed E-state index contributed by atoms with van der Waals surface area (Å²) in [6, 6.07) is 14.6. The second kappa shape index (κ2) is 9.21. The van der Waals surface area contributed by atoms with Gasteiger partial charge in [0.25, 0.3) is 0 Å². The lowest BCUT2D eigenvalue weighted by atomic mass is 10.1. The molecule has 3 aromatic carbocycles. The highest BCUT2D eigenvalue weighted by atomic mass is 79.9. The number of ether oxygens (including phenoxy) is 2. The van der Waals surface area contributed by atoms with Crippen molar-refractivity contribution < 1.29 is 35.8 Å². The Bertz CT molecular complexity index is 967. The second-order valence-corrected chi connectivity index (χ2v) is 7.25. The molecule has 0 aromatic heterocycles. The van der Waals surface area contributed by atoms with Gasteiger partial charge in [-0.15, -0.1) is 0 Å². The predicted octanol–water partition coefficient (Wildman–Crippen LogP) is 7.64. The van der Waals surface area contributed by atoms with Crippen molar-refractivity contribution in [3.05, 3.63) is 93.5 Å². The molecule has 0 aliphatic carbocycles. The van der Waals surface area contributed by atoms with Gasteiger partial charge in [0.1, 0.15) is 24.7 Å². The predicted molar refractivity (Wildman–Crippen MR) is 106 cm³/mol. The Labute approximate surface area is 182 Å². The number of rotatable bonds is 6. The van der Waals surface area contributed by atoms with Gasteiger partial charge in [0.15, 0.2) is 0 Å². The summed E-state index contributed by atoms with van der Waals surface area (Å²) in [5, 5.41) is 0. The summed E-state index contributed by atoms with van der Waals surface area (Å²) in [6.07, 6.45) is -9.12. The lowest BCUT2D eigenvalue weighted by Gasteiger charge is -2.16. The van der Waals surface area contributed by atoms with Gasteiger partial charge in [-0.05, 0) is 40.2 Å². The van der Waals surface area contributed by atoms with Gasteiger partial charge in [0.05, 0.1) is 11.1 Å². The lowest BCUT2D eigenvalue weighted by Crippen LogP contribution is -2.10. The molecule has 0 saturated heterocycles. The van der Waals surface area contributed by atoms with Crippen molar-refractivity contribution in [2.75, 3.05) is 0 Å². The van der Waals surface area contributed by atoms with Gasteiger partial charge in [-0.3, -0.25) is 0 Å². The van der Waals surface area contributed by atoms with E-state index in [4.69, 9.17) is 9.47 Å². The zero-order chi connectivity index (χ0) is 22.6. The Balaban J connectivity index is 1.75. The topological polar surface area (TPSA) is 18.5 Å². The van der Waals surface area contributed by atoms with Crippen LogP contribution in [-0.2, 0) is 25.6 Å². The summed E-state index contributed by atoms with van der Waals surface area (Å²) in [4.78, 5) is 0. The average Bonchev–Trinajstić information content (AvgIpc) is 2.71. The molecule has 3 rings (SSSR count). The number of benzene rings is 3. The molecule has 0 bridgehead atoms. The first-order valence-electron chi connectivity index (χ1n) is 8.91. The molecule has 0 amide bonds. The molecule has 0 heterocycles. The molecule has 2 nitrogen and oxygen atoms in total. The minimum atomic E-state index is -4.56. The molecule has 31 heavy (non-hydrogen) atoms. The Kier molecular flexibility index (Phi) is 6.83. The van der Waals surface area contributed by atoms with Gasteiger partial charge >= 0.3 is 12.4 Å². The molecule has 0 aliphatic heterocycles. The fraction of sp³-hybridized carbons (Fsp3) is 0.182. The summed E-state index contributed by atoms with van der Waals surface area (Å²) in [7, 11) is 0. The van der Waals surface area contributed by atoms with Crippen LogP contribution in [0.25, 0.3) is 0 Å². The highest BCUT2D eigenvalue weighted by Crippen LogP contribution is 2.38. The highest BCUT2D eigenvalue weighted by Gasteiger charge is 2.35. The smallest absolute Gasteiger partial charge is 0.419 e. The molecule has 9 heteroatoms. The van der Waals surface area contributed by atoms with E-state index >= 15 is 0 Å². The first-order chi connectivity index (χ1) is 14.6. The maximum Gasteiger partial charge on any atom is 0.419 e. The van der Waals surface area contributed by atoms with Crippen molar-refractivity contribution in [1.29, 1.82) is 0 Å². The molecular weight excluding hydrogens is 490 g/mol. The van der Waals surface area contributed by atoms with Gasteiger partial charge in [-0.25, -0.2) is 0 Å². The summed E-state index contributed by atoms with van der Waals surface area (Å²) < 4.78 is 89.9. The number of alkyl halides is 6. The van der Waals surface area contributed by atoms with Crippen molar-refractivity contribution in [1.82, 2.24) is 0 Å². The molecule has 0 fully saturated rings. The second-order valence-electron chi connectivity index (χ2n) is 6.46. The third-order valence-corrected chi connectivity index (χ3v) is 5.33. The van der Waals surface area contributed by atoms with E-state index in [9.17, 15) is 26.3 Å². The fourth-order valence-corrected chi connectivity index (χ4v) is 3.31. The van der Waals surface area contributed by atoms with Crippen LogP contribution in [0.3, 0.4) is 0 Å². The van der Waals surface area contributed by atoms with Crippen LogP contribution in [0.15, 0.2) is 71.2 Å². The van der Waals surface area contributed by atoms with Gasteiger partial charge in [0.2, 0.25) is 0 Å². The molecule has 0 unspecified atom stereocenters. The molecule has 0 aliphatic rings. The third kappa shape index (κ3) is 5.72. The molecule has 0 spiro atoms. The largest absolute Gasteiger partial charge is 0.488 e. The van der Waals surface area contributed by atoms with Gasteiger partial charge in [-0.1, -0.05) is 42.5 Å². The van der Waals surface area contributed by atoms with Crippen LogP contribution in [-0.4, -0.2) is 0 Å². The normalized spacial score (nSPS) is 12.0. The van der Waals surface area contributed by atoms with Crippen LogP contribution in [0.4, 0.5) is 26.3 Å². The quantitative estimate of drug-likeness (QED) is 0.321. The molecule has 3 aromatic rings. The van der Waals surface area contributed by atoms with Crippen molar-refractivity contribution >= 4 is 15.9 Å². The monoisotopic (exact) mass is 504 g/mol. The van der Waals surface area contributed by atoms with Crippen LogP contribution >= 0.6 is 15.9 Å². The number of halogens is 7. The summed E-state index contributed by atoms with van der Waals surface area (Å²) in [6.45, 7) is -0.360. The molecular formula is C22H15BrF6O2. The van der Waals surface area contributed by atoms with E-state index < -0.39 is 23.5 Å². The number of para-hydroxylation sites is 2. The minimum Gasteiger partial charge on any atom is -0.488 e. The van der Waals surface area contributed by atoms with E-state index in [1.54, 1.807) is 18.2 Å². The Morgan fingerprint density at radius 3 is 1.35 bits per heavy atom. The van der Waals surface area contributed by atoms with Crippen molar-refractivity contribution in [3.63, 3.8) is 0 Å².